The third-order valence-corrected chi connectivity index (χ3v) is 7.09. The Labute approximate surface area is 236 Å². The molecule has 3 heteroatoms. The highest BCUT2D eigenvalue weighted by atomic mass is 14.9. The summed E-state index contributed by atoms with van der Waals surface area (Å²) < 4.78 is 0. The topological polar surface area (TPSA) is 36.1 Å². The minimum atomic E-state index is 0.914. The Morgan fingerprint density at radius 2 is 0.615 bits per heavy atom. The number of benzene rings is 4. The van der Waals surface area contributed by atoms with Crippen LogP contribution in [0, 0.1) is 0 Å². The number of hydrogen-bond acceptors (Lipinski definition) is 3. The zero-order chi connectivity index (χ0) is 26.8. The lowest BCUT2D eigenvalue weighted by Crippen LogP contribution is -2.19. The molecule has 4 aromatic rings. The molecule has 3 N–H and O–H groups in total. The highest BCUT2D eigenvalue weighted by molar-refractivity contribution is 5.30. The molecule has 39 heavy (non-hydrogen) atoms. The van der Waals surface area contributed by atoms with Gasteiger partial charge in [0.15, 0.2) is 0 Å². The summed E-state index contributed by atoms with van der Waals surface area (Å²) in [5.41, 5.74) is 8.37. The Balaban J connectivity index is 1.23. The predicted molar refractivity (Wildman–Crippen MR) is 166 cm³/mol. The van der Waals surface area contributed by atoms with Crippen molar-refractivity contribution in [3.8, 4) is 0 Å². The second kappa shape index (κ2) is 17.4. The van der Waals surface area contributed by atoms with Gasteiger partial charge in [-0.05, 0) is 91.5 Å². The van der Waals surface area contributed by atoms with E-state index in [4.69, 9.17) is 0 Å². The minimum absolute atomic E-state index is 0.914. The highest BCUT2D eigenvalue weighted by Gasteiger charge is 2.03. The maximum Gasteiger partial charge on any atom is 0.0205 e. The summed E-state index contributed by atoms with van der Waals surface area (Å²) >= 11 is 0. The van der Waals surface area contributed by atoms with Crippen LogP contribution in [-0.4, -0.2) is 19.6 Å². The lowest BCUT2D eigenvalue weighted by atomic mass is 10.0. The quantitative estimate of drug-likeness (QED) is 0.126. The van der Waals surface area contributed by atoms with Gasteiger partial charge in [0.25, 0.3) is 0 Å². The first kappa shape index (κ1) is 28.8. The van der Waals surface area contributed by atoms with Crippen molar-refractivity contribution >= 4 is 0 Å². The van der Waals surface area contributed by atoms with Crippen molar-refractivity contribution in [2.75, 3.05) is 19.6 Å². The molecule has 4 rings (SSSR count). The van der Waals surface area contributed by atoms with Crippen LogP contribution in [0.1, 0.15) is 52.6 Å². The Bertz CT molecular complexity index is 1010. The smallest absolute Gasteiger partial charge is 0.0205 e. The Kier molecular flexibility index (Phi) is 12.8. The zero-order valence-electron chi connectivity index (χ0n) is 23.4. The van der Waals surface area contributed by atoms with Gasteiger partial charge in [0.1, 0.15) is 0 Å². The van der Waals surface area contributed by atoms with Gasteiger partial charge < -0.3 is 16.0 Å². The molecule has 0 heterocycles. The molecule has 0 saturated heterocycles. The van der Waals surface area contributed by atoms with E-state index in [0.717, 1.165) is 77.8 Å². The van der Waals surface area contributed by atoms with Crippen LogP contribution in [0.5, 0.6) is 0 Å². The van der Waals surface area contributed by atoms with Crippen molar-refractivity contribution in [2.24, 2.45) is 0 Å². The monoisotopic (exact) mass is 519 g/mol. The van der Waals surface area contributed by atoms with E-state index in [0.29, 0.717) is 0 Å². The number of rotatable bonds is 18. The van der Waals surface area contributed by atoms with E-state index < -0.39 is 0 Å². The van der Waals surface area contributed by atoms with E-state index >= 15 is 0 Å². The van der Waals surface area contributed by atoms with Crippen LogP contribution in [0.3, 0.4) is 0 Å². The first-order valence-corrected chi connectivity index (χ1v) is 14.7. The van der Waals surface area contributed by atoms with Crippen LogP contribution in [0.15, 0.2) is 109 Å². The molecule has 204 valence electrons. The van der Waals surface area contributed by atoms with Crippen molar-refractivity contribution in [1.82, 2.24) is 16.0 Å². The van der Waals surface area contributed by atoms with Crippen molar-refractivity contribution in [3.05, 3.63) is 143 Å². The molecule has 0 spiro atoms. The molecule has 0 unspecified atom stereocenters. The summed E-state index contributed by atoms with van der Waals surface area (Å²) in [6.45, 7) is 5.84. The predicted octanol–water partition coefficient (Wildman–Crippen LogP) is 6.85. The van der Waals surface area contributed by atoms with Crippen LogP contribution in [0.25, 0.3) is 0 Å². The third-order valence-electron chi connectivity index (χ3n) is 7.09. The SMILES string of the molecule is c1ccc(CCCNCc2cc(CNCCCc3ccccc3)cc(CNCCCc3ccccc3)c2)cc1. The molecular formula is C36H45N3. The Morgan fingerprint density at radius 3 is 0.897 bits per heavy atom. The first-order valence-electron chi connectivity index (χ1n) is 14.7. The first-order chi connectivity index (χ1) is 19.3. The fourth-order valence-corrected chi connectivity index (χ4v) is 5.03. The van der Waals surface area contributed by atoms with Gasteiger partial charge in [0.05, 0.1) is 0 Å². The minimum Gasteiger partial charge on any atom is -0.313 e. The summed E-state index contributed by atoms with van der Waals surface area (Å²) in [5.74, 6) is 0. The van der Waals surface area contributed by atoms with Crippen molar-refractivity contribution in [1.29, 1.82) is 0 Å². The molecule has 0 amide bonds. The van der Waals surface area contributed by atoms with Gasteiger partial charge >= 0.3 is 0 Å². The van der Waals surface area contributed by atoms with Gasteiger partial charge in [-0.1, -0.05) is 109 Å². The molecule has 0 saturated carbocycles. The maximum atomic E-state index is 3.67. The Hall–Kier alpha value is -3.24. The standard InChI is InChI=1S/C36H45N3/c1-4-13-31(14-5-1)19-10-22-37-28-34-25-35(29-38-23-11-20-32-15-6-2-7-16-32)27-36(26-34)30-39-24-12-21-33-17-8-3-9-18-33/h1-9,13-18,25-27,37-39H,10-12,19-24,28-30H2. The molecule has 0 fully saturated rings. The number of nitrogens with one attached hydrogen (secondary N) is 3. The highest BCUT2D eigenvalue weighted by Crippen LogP contribution is 2.12. The second-order valence-electron chi connectivity index (χ2n) is 10.5. The van der Waals surface area contributed by atoms with E-state index in [-0.39, 0.29) is 0 Å². The molecule has 0 aliphatic rings. The van der Waals surface area contributed by atoms with E-state index in [1.807, 2.05) is 0 Å². The zero-order valence-corrected chi connectivity index (χ0v) is 23.4. The van der Waals surface area contributed by atoms with E-state index in [2.05, 4.69) is 125 Å². The van der Waals surface area contributed by atoms with Crippen LogP contribution in [0.4, 0.5) is 0 Å². The van der Waals surface area contributed by atoms with E-state index in [9.17, 15) is 0 Å². The number of hydrogen-bond donors (Lipinski definition) is 3. The average molecular weight is 520 g/mol. The largest absolute Gasteiger partial charge is 0.313 e. The van der Waals surface area contributed by atoms with Gasteiger partial charge in [0, 0.05) is 19.6 Å². The molecule has 0 bridgehead atoms. The molecule has 3 nitrogen and oxygen atoms in total. The molecule has 4 aromatic carbocycles. The summed E-state index contributed by atoms with van der Waals surface area (Å²) in [5, 5.41) is 11.0. The van der Waals surface area contributed by atoms with Crippen molar-refractivity contribution in [2.45, 2.75) is 58.2 Å². The van der Waals surface area contributed by atoms with Crippen LogP contribution >= 0.6 is 0 Å². The lowest BCUT2D eigenvalue weighted by molar-refractivity contribution is 0.632. The van der Waals surface area contributed by atoms with Gasteiger partial charge in [-0.2, -0.15) is 0 Å². The maximum absolute atomic E-state index is 3.67. The molecule has 0 radical (unpaired) electrons. The van der Waals surface area contributed by atoms with Gasteiger partial charge in [-0.15, -0.1) is 0 Å². The van der Waals surface area contributed by atoms with Crippen molar-refractivity contribution in [3.63, 3.8) is 0 Å². The van der Waals surface area contributed by atoms with E-state index in [1.54, 1.807) is 0 Å². The normalized spacial score (nSPS) is 11.1. The fourth-order valence-electron chi connectivity index (χ4n) is 5.03. The summed E-state index contributed by atoms with van der Waals surface area (Å²) in [6, 6.07) is 39.4. The van der Waals surface area contributed by atoms with Gasteiger partial charge in [0.2, 0.25) is 0 Å². The van der Waals surface area contributed by atoms with Gasteiger partial charge in [-0.25, -0.2) is 0 Å². The molecule has 0 aromatic heterocycles. The Morgan fingerprint density at radius 1 is 0.333 bits per heavy atom. The van der Waals surface area contributed by atoms with E-state index in [1.165, 1.54) is 33.4 Å². The number of aryl methyl sites for hydroxylation is 3. The molecule has 0 atom stereocenters. The average Bonchev–Trinajstić information content (AvgIpc) is 2.98. The molecular weight excluding hydrogens is 474 g/mol. The lowest BCUT2D eigenvalue weighted by Gasteiger charge is -2.13. The van der Waals surface area contributed by atoms with Gasteiger partial charge in [-0.3, -0.25) is 0 Å². The molecule has 0 aliphatic heterocycles. The summed E-state index contributed by atoms with van der Waals surface area (Å²) in [4.78, 5) is 0. The molecule has 0 aliphatic carbocycles. The third kappa shape index (κ3) is 11.6. The van der Waals surface area contributed by atoms with Crippen LogP contribution < -0.4 is 16.0 Å². The summed E-state index contributed by atoms with van der Waals surface area (Å²) in [7, 11) is 0. The van der Waals surface area contributed by atoms with Crippen molar-refractivity contribution < 1.29 is 0 Å². The van der Waals surface area contributed by atoms with Crippen LogP contribution in [0.2, 0.25) is 0 Å². The fraction of sp³-hybridized carbons (Fsp3) is 0.333. The van der Waals surface area contributed by atoms with Crippen LogP contribution in [-0.2, 0) is 38.9 Å². The second-order valence-corrected chi connectivity index (χ2v) is 10.5. The summed E-state index contributed by atoms with van der Waals surface area (Å²) in [6.07, 6.45) is 6.84.